The molecule has 0 aliphatic rings. The highest BCUT2D eigenvalue weighted by atomic mass is 19.1. The van der Waals surface area contributed by atoms with Crippen molar-refractivity contribution in [3.8, 4) is 0 Å². The fourth-order valence-electron chi connectivity index (χ4n) is 1.02. The van der Waals surface area contributed by atoms with Crippen molar-refractivity contribution in [3.05, 3.63) is 35.6 Å². The van der Waals surface area contributed by atoms with Crippen molar-refractivity contribution in [1.82, 2.24) is 4.90 Å². The third-order valence-corrected chi connectivity index (χ3v) is 1.83. The normalized spacial score (nSPS) is 11.4. The average Bonchev–Trinajstić information content (AvgIpc) is 2.20. The van der Waals surface area contributed by atoms with E-state index in [1.54, 1.807) is 24.1 Å². The quantitative estimate of drug-likeness (QED) is 0.321. The minimum absolute atomic E-state index is 0.0225. The van der Waals surface area contributed by atoms with E-state index in [2.05, 4.69) is 5.16 Å². The maximum Gasteiger partial charge on any atom is 0.233 e. The second kappa shape index (κ2) is 4.45. The first-order valence-electron chi connectivity index (χ1n) is 4.06. The van der Waals surface area contributed by atoms with E-state index in [-0.39, 0.29) is 11.8 Å². The van der Waals surface area contributed by atoms with E-state index in [0.717, 1.165) is 5.56 Å². The van der Waals surface area contributed by atoms with Gasteiger partial charge in [0.25, 0.3) is 0 Å². The van der Waals surface area contributed by atoms with Crippen LogP contribution in [0, 0.1) is 5.82 Å². The summed E-state index contributed by atoms with van der Waals surface area (Å²) in [6.07, 6.45) is 0. The molecule has 0 radical (unpaired) electrons. The number of nitrogens with zero attached hydrogens (tertiary/aromatic N) is 2. The molecule has 0 spiro atoms. The zero-order valence-electron chi connectivity index (χ0n) is 7.81. The summed E-state index contributed by atoms with van der Waals surface area (Å²) in [5.41, 5.74) is 6.24. The highest BCUT2D eigenvalue weighted by Crippen LogP contribution is 2.04. The van der Waals surface area contributed by atoms with Crippen molar-refractivity contribution in [2.45, 2.75) is 6.54 Å². The second-order valence-electron chi connectivity index (χ2n) is 2.94. The van der Waals surface area contributed by atoms with Gasteiger partial charge in [-0.05, 0) is 17.7 Å². The molecule has 0 aromatic heterocycles. The highest BCUT2D eigenvalue weighted by molar-refractivity contribution is 5.76. The van der Waals surface area contributed by atoms with Crippen LogP contribution in [0.25, 0.3) is 0 Å². The Morgan fingerprint density at radius 3 is 2.57 bits per heavy atom. The molecule has 0 heterocycles. The van der Waals surface area contributed by atoms with Crippen molar-refractivity contribution >= 4 is 5.96 Å². The second-order valence-corrected chi connectivity index (χ2v) is 2.94. The molecular formula is C9H12FN3O. The van der Waals surface area contributed by atoms with Crippen molar-refractivity contribution in [2.75, 3.05) is 7.05 Å². The summed E-state index contributed by atoms with van der Waals surface area (Å²) < 4.78 is 12.5. The predicted octanol–water partition coefficient (Wildman–Crippen LogP) is 0.961. The number of benzene rings is 1. The lowest BCUT2D eigenvalue weighted by Gasteiger charge is -2.16. The molecule has 3 N–H and O–H groups in total. The van der Waals surface area contributed by atoms with Gasteiger partial charge in [0.1, 0.15) is 5.82 Å². The first kappa shape index (κ1) is 10.3. The lowest BCUT2D eigenvalue weighted by molar-refractivity contribution is 0.304. The third-order valence-electron chi connectivity index (χ3n) is 1.83. The summed E-state index contributed by atoms with van der Waals surface area (Å²) in [6, 6.07) is 6.04. The van der Waals surface area contributed by atoms with Crippen molar-refractivity contribution < 1.29 is 9.60 Å². The van der Waals surface area contributed by atoms with Gasteiger partial charge in [0, 0.05) is 13.6 Å². The minimum atomic E-state index is -0.278. The first-order valence-corrected chi connectivity index (χ1v) is 4.06. The van der Waals surface area contributed by atoms with Crippen LogP contribution in [0.4, 0.5) is 4.39 Å². The van der Waals surface area contributed by atoms with Crippen LogP contribution in [0.3, 0.4) is 0 Å². The van der Waals surface area contributed by atoms with Crippen LogP contribution in [0.2, 0.25) is 0 Å². The van der Waals surface area contributed by atoms with Gasteiger partial charge in [-0.2, -0.15) is 0 Å². The molecule has 0 aliphatic carbocycles. The summed E-state index contributed by atoms with van der Waals surface area (Å²) >= 11 is 0. The highest BCUT2D eigenvalue weighted by Gasteiger charge is 2.02. The third kappa shape index (κ3) is 2.62. The van der Waals surface area contributed by atoms with Gasteiger partial charge in [-0.15, -0.1) is 0 Å². The zero-order valence-corrected chi connectivity index (χ0v) is 7.81. The van der Waals surface area contributed by atoms with E-state index in [0.29, 0.717) is 6.54 Å². The van der Waals surface area contributed by atoms with Gasteiger partial charge in [-0.25, -0.2) is 4.39 Å². The molecule has 4 nitrogen and oxygen atoms in total. The summed E-state index contributed by atoms with van der Waals surface area (Å²) in [5, 5.41) is 11.2. The maximum absolute atomic E-state index is 12.5. The summed E-state index contributed by atoms with van der Waals surface area (Å²) in [7, 11) is 1.68. The fourth-order valence-corrected chi connectivity index (χ4v) is 1.02. The summed E-state index contributed by atoms with van der Waals surface area (Å²) in [6.45, 7) is 0.468. The van der Waals surface area contributed by atoms with Gasteiger partial charge >= 0.3 is 0 Å². The SMILES string of the molecule is CN(Cc1ccc(F)cc1)C(N)=NO. The first-order chi connectivity index (χ1) is 6.63. The molecule has 1 rings (SSSR count). The van der Waals surface area contributed by atoms with E-state index in [4.69, 9.17) is 10.9 Å². The number of nitrogens with two attached hydrogens (primary N) is 1. The Morgan fingerprint density at radius 2 is 2.07 bits per heavy atom. The van der Waals surface area contributed by atoms with Crippen LogP contribution in [0.5, 0.6) is 0 Å². The fraction of sp³-hybridized carbons (Fsp3) is 0.222. The average molecular weight is 197 g/mol. The number of rotatable bonds is 2. The largest absolute Gasteiger partial charge is 0.408 e. The lowest BCUT2D eigenvalue weighted by Crippen LogP contribution is -2.33. The molecule has 0 aliphatic heterocycles. The van der Waals surface area contributed by atoms with Crippen molar-refractivity contribution in [2.24, 2.45) is 10.9 Å². The number of hydrogen-bond acceptors (Lipinski definition) is 2. The van der Waals surface area contributed by atoms with E-state index in [1.807, 2.05) is 0 Å². The van der Waals surface area contributed by atoms with Crippen LogP contribution < -0.4 is 5.73 Å². The molecule has 1 aromatic carbocycles. The molecule has 0 unspecified atom stereocenters. The minimum Gasteiger partial charge on any atom is -0.408 e. The van der Waals surface area contributed by atoms with Gasteiger partial charge in [0.05, 0.1) is 0 Å². The molecule has 76 valence electrons. The van der Waals surface area contributed by atoms with E-state index in [9.17, 15) is 4.39 Å². The summed E-state index contributed by atoms with van der Waals surface area (Å²) in [5.74, 6) is -0.255. The maximum atomic E-state index is 12.5. The molecule has 0 saturated heterocycles. The van der Waals surface area contributed by atoms with Crippen LogP contribution in [0.15, 0.2) is 29.4 Å². The Kier molecular flexibility index (Phi) is 3.28. The van der Waals surface area contributed by atoms with Gasteiger partial charge in [-0.3, -0.25) is 0 Å². The molecule has 0 bridgehead atoms. The number of guanidine groups is 1. The molecule has 0 amide bonds. The van der Waals surface area contributed by atoms with Gasteiger partial charge < -0.3 is 15.8 Å². The van der Waals surface area contributed by atoms with Crippen LogP contribution in [0.1, 0.15) is 5.56 Å². The van der Waals surface area contributed by atoms with Crippen molar-refractivity contribution in [1.29, 1.82) is 0 Å². The van der Waals surface area contributed by atoms with Crippen LogP contribution >= 0.6 is 0 Å². The van der Waals surface area contributed by atoms with Crippen LogP contribution in [-0.2, 0) is 6.54 Å². The Balaban J connectivity index is 2.65. The van der Waals surface area contributed by atoms with E-state index in [1.165, 1.54) is 12.1 Å². The Bertz CT molecular complexity index is 323. The Labute approximate surface area is 81.4 Å². The number of oxime groups is 1. The van der Waals surface area contributed by atoms with Crippen molar-refractivity contribution in [3.63, 3.8) is 0 Å². The molecular weight excluding hydrogens is 185 g/mol. The molecule has 0 atom stereocenters. The molecule has 1 aromatic rings. The van der Waals surface area contributed by atoms with Crippen LogP contribution in [-0.4, -0.2) is 23.1 Å². The molecule has 14 heavy (non-hydrogen) atoms. The van der Waals surface area contributed by atoms with E-state index >= 15 is 0 Å². The monoisotopic (exact) mass is 197 g/mol. The lowest BCUT2D eigenvalue weighted by atomic mass is 10.2. The molecule has 5 heteroatoms. The smallest absolute Gasteiger partial charge is 0.233 e. The predicted molar refractivity (Wildman–Crippen MR) is 51.3 cm³/mol. The topological polar surface area (TPSA) is 61.8 Å². The molecule has 0 fully saturated rings. The van der Waals surface area contributed by atoms with Gasteiger partial charge in [0.2, 0.25) is 5.96 Å². The summed E-state index contributed by atoms with van der Waals surface area (Å²) in [4.78, 5) is 1.55. The van der Waals surface area contributed by atoms with Gasteiger partial charge in [-0.1, -0.05) is 17.3 Å². The van der Waals surface area contributed by atoms with E-state index < -0.39 is 0 Å². The Morgan fingerprint density at radius 1 is 1.50 bits per heavy atom. The Hall–Kier alpha value is -1.78. The molecule has 0 saturated carbocycles. The zero-order chi connectivity index (χ0) is 10.6. The standard InChI is InChI=1S/C9H12FN3O/c1-13(9(11)12-14)6-7-2-4-8(10)5-3-7/h2-5,14H,6H2,1H3,(H2,11,12). The van der Waals surface area contributed by atoms with Gasteiger partial charge in [0.15, 0.2) is 0 Å². The number of hydrogen-bond donors (Lipinski definition) is 2. The number of halogens is 1.